The normalized spacial score (nSPS) is 18.9. The average molecular weight is 651 g/mol. The molecule has 11 nitrogen and oxygen atoms in total. The highest BCUT2D eigenvalue weighted by molar-refractivity contribution is 7.87. The number of ether oxygens (including phenoxy) is 3. The van der Waals surface area contributed by atoms with Gasteiger partial charge in [-0.2, -0.15) is 12.7 Å². The topological polar surface area (TPSA) is 119 Å². The van der Waals surface area contributed by atoms with Crippen molar-refractivity contribution in [3.8, 4) is 17.0 Å². The lowest BCUT2D eigenvalue weighted by atomic mass is 9.81. The van der Waals surface area contributed by atoms with E-state index in [0.717, 1.165) is 57.7 Å². The van der Waals surface area contributed by atoms with Crippen molar-refractivity contribution in [3.05, 3.63) is 58.7 Å². The van der Waals surface area contributed by atoms with E-state index in [2.05, 4.69) is 15.4 Å². The molecule has 2 amide bonds. The van der Waals surface area contributed by atoms with Gasteiger partial charge in [0.05, 0.1) is 38.7 Å². The number of rotatable bonds is 8. The van der Waals surface area contributed by atoms with E-state index in [4.69, 9.17) is 14.2 Å². The number of carbonyl (C=O) groups excluding carboxylic acids is 2. The summed E-state index contributed by atoms with van der Waals surface area (Å²) in [4.78, 5) is 29.3. The Bertz CT molecular complexity index is 1790. The number of morpholine rings is 1. The molecule has 0 unspecified atom stereocenters. The minimum atomic E-state index is -3.99. The molecule has 1 saturated carbocycles. The number of carbonyl (C=O) groups is 2. The van der Waals surface area contributed by atoms with Gasteiger partial charge in [-0.1, -0.05) is 25.3 Å². The van der Waals surface area contributed by atoms with Crippen LogP contribution >= 0.6 is 0 Å². The number of aromatic nitrogens is 1. The Kier molecular flexibility index (Phi) is 9.24. The zero-order valence-electron chi connectivity index (χ0n) is 26.9. The van der Waals surface area contributed by atoms with Crippen LogP contribution in [-0.2, 0) is 31.0 Å². The van der Waals surface area contributed by atoms with E-state index in [0.29, 0.717) is 43.5 Å². The third-order valence-corrected chi connectivity index (χ3v) is 10.7. The van der Waals surface area contributed by atoms with E-state index in [-0.39, 0.29) is 24.1 Å². The van der Waals surface area contributed by atoms with Gasteiger partial charge in [0.1, 0.15) is 5.75 Å². The van der Waals surface area contributed by atoms with E-state index in [1.807, 2.05) is 29.2 Å². The summed E-state index contributed by atoms with van der Waals surface area (Å²) in [6.07, 6.45) is 7.33. The molecule has 0 bridgehead atoms. The Labute approximate surface area is 270 Å². The summed E-state index contributed by atoms with van der Waals surface area (Å²) in [6.45, 7) is 2.00. The molecule has 1 atom stereocenters. The molecule has 12 heteroatoms. The summed E-state index contributed by atoms with van der Waals surface area (Å²) in [5.41, 5.74) is 5.72. The Morgan fingerprint density at radius 3 is 2.57 bits per heavy atom. The molecule has 3 aromatic rings. The number of methoxy groups -OCH3 is 2. The van der Waals surface area contributed by atoms with Crippen molar-refractivity contribution in [2.45, 2.75) is 50.7 Å². The van der Waals surface area contributed by atoms with Crippen molar-refractivity contribution in [1.82, 2.24) is 18.5 Å². The molecule has 0 spiro atoms. The van der Waals surface area contributed by atoms with E-state index in [1.165, 1.54) is 26.1 Å². The number of benzene rings is 2. The lowest BCUT2D eigenvalue weighted by Gasteiger charge is -2.33. The van der Waals surface area contributed by atoms with Crippen molar-refractivity contribution in [2.24, 2.45) is 0 Å². The fourth-order valence-corrected chi connectivity index (χ4v) is 7.51. The van der Waals surface area contributed by atoms with Crippen molar-refractivity contribution in [2.75, 3.05) is 54.6 Å². The minimum absolute atomic E-state index is 0.0851. The summed E-state index contributed by atoms with van der Waals surface area (Å²) in [5.74, 6) is 0.201. The molecule has 246 valence electrons. The molecule has 1 aromatic heterocycles. The molecule has 2 aromatic carbocycles. The summed E-state index contributed by atoms with van der Waals surface area (Å²) in [5, 5.41) is 1.01. The van der Waals surface area contributed by atoms with Gasteiger partial charge in [0.2, 0.25) is 0 Å². The predicted octanol–water partition coefficient (Wildman–Crippen LogP) is 4.17. The van der Waals surface area contributed by atoms with Crippen molar-refractivity contribution in [1.29, 1.82) is 0 Å². The second-order valence-electron chi connectivity index (χ2n) is 12.5. The fourth-order valence-electron chi connectivity index (χ4n) is 6.97. The highest BCUT2D eigenvalue weighted by Crippen LogP contribution is 2.47. The first-order valence-electron chi connectivity index (χ1n) is 15.8. The molecular formula is C34H42N4O7S. The van der Waals surface area contributed by atoms with E-state index in [9.17, 15) is 18.0 Å². The third-order valence-electron chi connectivity index (χ3n) is 9.31. The molecule has 2 aliphatic heterocycles. The van der Waals surface area contributed by atoms with Crippen LogP contribution in [0.2, 0.25) is 0 Å². The number of nitrogens with one attached hydrogen (secondary N) is 1. The predicted molar refractivity (Wildman–Crippen MR) is 176 cm³/mol. The van der Waals surface area contributed by atoms with Crippen LogP contribution in [0.15, 0.2) is 42.0 Å². The van der Waals surface area contributed by atoms with Crippen LogP contribution < -0.4 is 9.46 Å². The molecule has 1 saturated heterocycles. The van der Waals surface area contributed by atoms with Gasteiger partial charge < -0.3 is 23.7 Å². The quantitative estimate of drug-likeness (QED) is 0.389. The van der Waals surface area contributed by atoms with E-state index >= 15 is 0 Å². The van der Waals surface area contributed by atoms with Crippen LogP contribution in [-0.4, -0.2) is 94.7 Å². The maximum Gasteiger partial charge on any atom is 0.303 e. The first kappa shape index (κ1) is 32.2. The lowest BCUT2D eigenvalue weighted by Crippen LogP contribution is -2.47. The van der Waals surface area contributed by atoms with Gasteiger partial charge in [-0.05, 0) is 66.3 Å². The van der Waals surface area contributed by atoms with E-state index in [1.54, 1.807) is 26.4 Å². The van der Waals surface area contributed by atoms with Crippen molar-refractivity contribution >= 4 is 39.0 Å². The molecule has 46 heavy (non-hydrogen) atoms. The molecule has 0 radical (unpaired) electrons. The SMILES string of the molecule is COC[C@@H]1CN(C(=O)C2=Cc3cc(OC)ccc3-c3c(C4CCCCC4)c4ccc(C(=O)NS(=O)(=O)N(C)C)cc4n3C2)CCO1. The Hall–Kier alpha value is -3.71. The molecule has 3 aliphatic rings. The Balaban J connectivity index is 1.53. The van der Waals surface area contributed by atoms with Gasteiger partial charge in [-0.25, -0.2) is 4.72 Å². The van der Waals surface area contributed by atoms with Gasteiger partial charge in [-0.15, -0.1) is 0 Å². The maximum absolute atomic E-state index is 14.3. The van der Waals surface area contributed by atoms with Gasteiger partial charge >= 0.3 is 10.2 Å². The Morgan fingerprint density at radius 1 is 1.07 bits per heavy atom. The van der Waals surface area contributed by atoms with Crippen LogP contribution in [0.1, 0.15) is 59.5 Å². The highest BCUT2D eigenvalue weighted by atomic mass is 32.2. The zero-order valence-corrected chi connectivity index (χ0v) is 27.7. The molecule has 6 rings (SSSR count). The molecule has 3 heterocycles. The third kappa shape index (κ3) is 6.18. The monoisotopic (exact) mass is 650 g/mol. The summed E-state index contributed by atoms with van der Waals surface area (Å²) >= 11 is 0. The Morgan fingerprint density at radius 2 is 1.85 bits per heavy atom. The van der Waals surface area contributed by atoms with E-state index < -0.39 is 16.1 Å². The number of hydrogen-bond donors (Lipinski definition) is 1. The molecule has 1 N–H and O–H groups in total. The molecule has 1 aliphatic carbocycles. The molecular weight excluding hydrogens is 608 g/mol. The van der Waals surface area contributed by atoms with Gasteiger partial charge in [0.25, 0.3) is 11.8 Å². The van der Waals surface area contributed by atoms with Crippen molar-refractivity contribution in [3.63, 3.8) is 0 Å². The second kappa shape index (κ2) is 13.2. The lowest BCUT2D eigenvalue weighted by molar-refractivity contribution is -0.136. The summed E-state index contributed by atoms with van der Waals surface area (Å²) in [7, 11) is 2.00. The fraction of sp³-hybridized carbons (Fsp3) is 0.471. The number of hydrogen-bond acceptors (Lipinski definition) is 7. The van der Waals surface area contributed by atoms with Gasteiger partial charge in [0.15, 0.2) is 0 Å². The first-order valence-corrected chi connectivity index (χ1v) is 17.2. The smallest absolute Gasteiger partial charge is 0.303 e. The average Bonchev–Trinajstić information content (AvgIpc) is 3.27. The van der Waals surface area contributed by atoms with Gasteiger partial charge in [0, 0.05) is 61.9 Å². The minimum Gasteiger partial charge on any atom is -0.497 e. The van der Waals surface area contributed by atoms with Crippen LogP contribution in [0.25, 0.3) is 28.2 Å². The van der Waals surface area contributed by atoms with Gasteiger partial charge in [-0.3, -0.25) is 9.59 Å². The number of amides is 2. The zero-order chi connectivity index (χ0) is 32.6. The molecule has 2 fully saturated rings. The van der Waals surface area contributed by atoms with Crippen molar-refractivity contribution < 1.29 is 32.2 Å². The number of nitrogens with zero attached hydrogens (tertiary/aromatic N) is 3. The van der Waals surface area contributed by atoms with Crippen LogP contribution in [0.3, 0.4) is 0 Å². The largest absolute Gasteiger partial charge is 0.497 e. The second-order valence-corrected chi connectivity index (χ2v) is 14.3. The standard InChI is InChI=1S/C34H42N4O7S/c1-36(2)46(41,42)35-33(39)23-10-12-29-30(18-23)38-19-25(34(40)37-14-15-45-27(20-37)21-43-3)16-24-17-26(44-4)11-13-28(24)32(38)31(29)22-8-6-5-7-9-22/h10-13,16-18,22,27H,5-9,14-15,19-21H2,1-4H3,(H,35,39)/t27-/m0/s1. The highest BCUT2D eigenvalue weighted by Gasteiger charge is 2.33. The van der Waals surface area contributed by atoms with Crippen LogP contribution in [0.5, 0.6) is 5.75 Å². The summed E-state index contributed by atoms with van der Waals surface area (Å²) in [6, 6.07) is 11.3. The maximum atomic E-state index is 14.3. The van der Waals surface area contributed by atoms with Crippen LogP contribution in [0, 0.1) is 0 Å². The number of fused-ring (bicyclic) bond motifs is 5. The first-order chi connectivity index (χ1) is 22.1. The van der Waals surface area contributed by atoms with Crippen LogP contribution in [0.4, 0.5) is 0 Å². The summed E-state index contributed by atoms with van der Waals surface area (Å²) < 4.78 is 47.0.